The van der Waals surface area contributed by atoms with E-state index in [-0.39, 0.29) is 11.8 Å². The fraction of sp³-hybridized carbons (Fsp3) is 0.385. The van der Waals surface area contributed by atoms with Crippen LogP contribution < -0.4 is 10.6 Å². The Morgan fingerprint density at radius 3 is 2.89 bits per heavy atom. The van der Waals surface area contributed by atoms with Gasteiger partial charge in [0.1, 0.15) is 6.04 Å². The highest BCUT2D eigenvalue weighted by atomic mass is 16.4. The largest absolute Gasteiger partial charge is 0.480 e. The van der Waals surface area contributed by atoms with Crippen molar-refractivity contribution < 1.29 is 14.7 Å². The van der Waals surface area contributed by atoms with E-state index in [1.165, 1.54) is 0 Å². The molecule has 0 aliphatic carbocycles. The number of hydrogen-bond acceptors (Lipinski definition) is 3. The van der Waals surface area contributed by atoms with E-state index in [2.05, 4.69) is 10.6 Å². The van der Waals surface area contributed by atoms with Gasteiger partial charge in [-0.1, -0.05) is 25.1 Å². The second kappa shape index (κ2) is 5.08. The van der Waals surface area contributed by atoms with Crippen molar-refractivity contribution in [3.8, 4) is 0 Å². The summed E-state index contributed by atoms with van der Waals surface area (Å²) in [4.78, 5) is 23.0. The zero-order valence-electron chi connectivity index (χ0n) is 10.1. The van der Waals surface area contributed by atoms with E-state index in [9.17, 15) is 9.59 Å². The van der Waals surface area contributed by atoms with Crippen molar-refractivity contribution in [1.82, 2.24) is 5.32 Å². The number of amides is 1. The lowest BCUT2D eigenvalue weighted by molar-refractivity contribution is -0.142. The van der Waals surface area contributed by atoms with Crippen LogP contribution in [0, 0.1) is 0 Å². The molecule has 2 rings (SSSR count). The molecule has 0 saturated heterocycles. The Hall–Kier alpha value is -2.04. The number of aliphatic carboxylic acids is 1. The summed E-state index contributed by atoms with van der Waals surface area (Å²) < 4.78 is 0. The number of hydrogen-bond donors (Lipinski definition) is 3. The van der Waals surface area contributed by atoms with Crippen molar-refractivity contribution in [3.63, 3.8) is 0 Å². The van der Waals surface area contributed by atoms with Crippen molar-refractivity contribution in [2.24, 2.45) is 0 Å². The number of fused-ring (bicyclic) bond motifs is 1. The Bertz CT molecular complexity index is 473. The molecule has 1 heterocycles. The minimum atomic E-state index is -0.995. The Balaban J connectivity index is 2.10. The number of nitrogens with one attached hydrogen (secondary N) is 2. The second-order valence-electron chi connectivity index (χ2n) is 4.33. The van der Waals surface area contributed by atoms with E-state index in [4.69, 9.17) is 5.11 Å². The van der Waals surface area contributed by atoms with Gasteiger partial charge < -0.3 is 15.7 Å². The van der Waals surface area contributed by atoms with Crippen LogP contribution in [0.15, 0.2) is 24.3 Å². The zero-order chi connectivity index (χ0) is 13.1. The van der Waals surface area contributed by atoms with Crippen LogP contribution in [-0.2, 0) is 9.59 Å². The number of para-hydroxylation sites is 1. The molecule has 0 spiro atoms. The molecule has 0 aromatic heterocycles. The predicted octanol–water partition coefficient (Wildman–Crippen LogP) is 1.18. The van der Waals surface area contributed by atoms with Gasteiger partial charge in [0, 0.05) is 12.2 Å². The molecule has 2 unspecified atom stereocenters. The van der Waals surface area contributed by atoms with Gasteiger partial charge in [-0.05, 0) is 18.1 Å². The monoisotopic (exact) mass is 248 g/mol. The minimum absolute atomic E-state index is 0.235. The van der Waals surface area contributed by atoms with Crippen LogP contribution >= 0.6 is 0 Å². The SMILES string of the molecule is CCC(NC(=O)C1CNc2ccccc21)C(=O)O. The third-order valence-corrected chi connectivity index (χ3v) is 3.17. The number of carbonyl (C=O) groups is 2. The summed E-state index contributed by atoms with van der Waals surface area (Å²) in [7, 11) is 0. The van der Waals surface area contributed by atoms with Gasteiger partial charge in [0.05, 0.1) is 5.92 Å². The number of benzene rings is 1. The summed E-state index contributed by atoms with van der Waals surface area (Å²) in [6.07, 6.45) is 0.378. The molecule has 18 heavy (non-hydrogen) atoms. The summed E-state index contributed by atoms with van der Waals surface area (Å²) >= 11 is 0. The molecule has 3 N–H and O–H groups in total. The molecule has 0 fully saturated rings. The van der Waals surface area contributed by atoms with E-state index < -0.39 is 12.0 Å². The molecule has 5 nitrogen and oxygen atoms in total. The molecule has 1 aromatic carbocycles. The van der Waals surface area contributed by atoms with Gasteiger partial charge in [-0.3, -0.25) is 4.79 Å². The first-order valence-corrected chi connectivity index (χ1v) is 5.99. The fourth-order valence-electron chi connectivity index (χ4n) is 2.13. The quantitative estimate of drug-likeness (QED) is 0.747. The maximum Gasteiger partial charge on any atom is 0.326 e. The molecular weight excluding hydrogens is 232 g/mol. The van der Waals surface area contributed by atoms with Gasteiger partial charge >= 0.3 is 5.97 Å². The van der Waals surface area contributed by atoms with E-state index >= 15 is 0 Å². The van der Waals surface area contributed by atoms with Gasteiger partial charge in [0.25, 0.3) is 0 Å². The number of carbonyl (C=O) groups excluding carboxylic acids is 1. The lowest BCUT2D eigenvalue weighted by Gasteiger charge is -2.16. The molecule has 2 atom stereocenters. The van der Waals surface area contributed by atoms with Crippen molar-refractivity contribution in [2.45, 2.75) is 25.3 Å². The zero-order valence-corrected chi connectivity index (χ0v) is 10.1. The standard InChI is InChI=1S/C13H16N2O3/c1-2-10(13(17)18)15-12(16)9-7-14-11-6-4-3-5-8(9)11/h3-6,9-10,14H,2,7H2,1H3,(H,15,16)(H,17,18). The molecule has 0 saturated carbocycles. The smallest absolute Gasteiger partial charge is 0.326 e. The maximum atomic E-state index is 12.1. The Labute approximate surface area is 105 Å². The molecule has 1 amide bonds. The number of carboxylic acid groups (broad SMARTS) is 1. The highest BCUT2D eigenvalue weighted by Gasteiger charge is 2.30. The number of anilines is 1. The van der Waals surface area contributed by atoms with Crippen LogP contribution in [-0.4, -0.2) is 29.6 Å². The van der Waals surface area contributed by atoms with Gasteiger partial charge in [-0.25, -0.2) is 4.79 Å². The molecular formula is C13H16N2O3. The topological polar surface area (TPSA) is 78.4 Å². The minimum Gasteiger partial charge on any atom is -0.480 e. The van der Waals surface area contributed by atoms with Gasteiger partial charge in [-0.2, -0.15) is 0 Å². The van der Waals surface area contributed by atoms with Gasteiger partial charge in [0.2, 0.25) is 5.91 Å². The Kier molecular flexibility index (Phi) is 3.50. The lowest BCUT2D eigenvalue weighted by Crippen LogP contribution is -2.43. The van der Waals surface area contributed by atoms with Crippen molar-refractivity contribution >= 4 is 17.6 Å². The van der Waals surface area contributed by atoms with Crippen molar-refractivity contribution in [2.75, 3.05) is 11.9 Å². The van der Waals surface area contributed by atoms with E-state index in [0.29, 0.717) is 13.0 Å². The average molecular weight is 248 g/mol. The first kappa shape index (κ1) is 12.4. The fourth-order valence-corrected chi connectivity index (χ4v) is 2.13. The maximum absolute atomic E-state index is 12.1. The van der Waals surface area contributed by atoms with E-state index in [0.717, 1.165) is 11.3 Å². The third kappa shape index (κ3) is 2.30. The Morgan fingerprint density at radius 2 is 2.22 bits per heavy atom. The van der Waals surface area contributed by atoms with Crippen LogP contribution in [0.2, 0.25) is 0 Å². The second-order valence-corrected chi connectivity index (χ2v) is 4.33. The third-order valence-electron chi connectivity index (χ3n) is 3.17. The van der Waals surface area contributed by atoms with E-state index in [1.54, 1.807) is 6.92 Å². The first-order chi connectivity index (χ1) is 8.63. The van der Waals surface area contributed by atoms with Crippen LogP contribution in [0.4, 0.5) is 5.69 Å². The summed E-state index contributed by atoms with van der Waals surface area (Å²) in [6.45, 7) is 2.25. The molecule has 0 bridgehead atoms. The van der Waals surface area contributed by atoms with Gasteiger partial charge in [0.15, 0.2) is 0 Å². The molecule has 1 aliphatic rings. The summed E-state index contributed by atoms with van der Waals surface area (Å²) in [5.74, 6) is -1.54. The van der Waals surface area contributed by atoms with Crippen molar-refractivity contribution in [3.05, 3.63) is 29.8 Å². The van der Waals surface area contributed by atoms with Crippen LogP contribution in [0.3, 0.4) is 0 Å². The summed E-state index contributed by atoms with van der Waals surface area (Å²) in [5, 5.41) is 14.6. The van der Waals surface area contributed by atoms with E-state index in [1.807, 2.05) is 24.3 Å². The number of carboxylic acids is 1. The highest BCUT2D eigenvalue weighted by molar-refractivity contribution is 5.91. The predicted molar refractivity (Wildman–Crippen MR) is 67.5 cm³/mol. The number of rotatable bonds is 4. The average Bonchev–Trinajstić information content (AvgIpc) is 2.79. The molecule has 1 aromatic rings. The van der Waals surface area contributed by atoms with Crippen LogP contribution in [0.5, 0.6) is 0 Å². The van der Waals surface area contributed by atoms with Gasteiger partial charge in [-0.15, -0.1) is 0 Å². The molecule has 0 radical (unpaired) electrons. The van der Waals surface area contributed by atoms with Crippen LogP contribution in [0.25, 0.3) is 0 Å². The molecule has 96 valence electrons. The molecule has 5 heteroatoms. The summed E-state index contributed by atoms with van der Waals surface area (Å²) in [5.41, 5.74) is 1.87. The van der Waals surface area contributed by atoms with Crippen molar-refractivity contribution in [1.29, 1.82) is 0 Å². The van der Waals surface area contributed by atoms with Crippen LogP contribution in [0.1, 0.15) is 24.8 Å². The lowest BCUT2D eigenvalue weighted by atomic mass is 10.00. The Morgan fingerprint density at radius 1 is 1.50 bits per heavy atom. The summed E-state index contributed by atoms with van der Waals surface area (Å²) in [6, 6.07) is 6.77. The first-order valence-electron chi connectivity index (χ1n) is 5.99. The highest BCUT2D eigenvalue weighted by Crippen LogP contribution is 2.31. The normalized spacial score (nSPS) is 18.6. The molecule has 1 aliphatic heterocycles.